The fourth-order valence-electron chi connectivity index (χ4n) is 4.03. The van der Waals surface area contributed by atoms with Crippen LogP contribution in [-0.2, 0) is 9.53 Å². The normalized spacial score (nSPS) is 22.4. The van der Waals surface area contributed by atoms with Crippen molar-refractivity contribution in [1.82, 2.24) is 25.3 Å². The lowest BCUT2D eigenvalue weighted by Gasteiger charge is -2.42. The molecule has 2 N–H and O–H groups in total. The Morgan fingerprint density at radius 3 is 2.71 bits per heavy atom. The van der Waals surface area contributed by atoms with E-state index in [0.717, 1.165) is 5.56 Å². The van der Waals surface area contributed by atoms with Crippen molar-refractivity contribution < 1.29 is 19.1 Å². The molecule has 1 aromatic heterocycles. The maximum Gasteiger partial charge on any atom is 0.338 e. The highest BCUT2D eigenvalue weighted by atomic mass is 32.1. The molecule has 0 saturated carbocycles. The lowest BCUT2D eigenvalue weighted by molar-refractivity contribution is -0.139. The zero-order valence-corrected chi connectivity index (χ0v) is 19.3. The number of hydrogen-bond acceptors (Lipinski definition) is 6. The van der Waals surface area contributed by atoms with E-state index in [1.165, 1.54) is 16.2 Å². The summed E-state index contributed by atoms with van der Waals surface area (Å²) in [6.45, 7) is 8.83. The molecule has 10 heteroatoms. The zero-order valence-electron chi connectivity index (χ0n) is 18.5. The summed E-state index contributed by atoms with van der Waals surface area (Å²) in [5.74, 6) is -0.422. The van der Waals surface area contributed by atoms with Crippen molar-refractivity contribution in [1.29, 1.82) is 0 Å². The third kappa shape index (κ3) is 5.01. The Hall–Kier alpha value is -2.59. The molecule has 0 spiro atoms. The van der Waals surface area contributed by atoms with E-state index in [4.69, 9.17) is 4.74 Å². The zero-order chi connectivity index (χ0) is 22.5. The first kappa shape index (κ1) is 23.1. The average molecular weight is 450 g/mol. The first-order valence-corrected chi connectivity index (χ1v) is 11.5. The number of urea groups is 2. The van der Waals surface area contributed by atoms with Crippen LogP contribution in [0.25, 0.3) is 0 Å². The summed E-state index contributed by atoms with van der Waals surface area (Å²) in [5, 5.41) is 9.63. The molecule has 9 nitrogen and oxygen atoms in total. The lowest BCUT2D eigenvalue weighted by Crippen LogP contribution is -2.57. The van der Waals surface area contributed by atoms with E-state index in [9.17, 15) is 14.4 Å². The molecule has 4 amide bonds. The van der Waals surface area contributed by atoms with E-state index in [0.29, 0.717) is 44.0 Å². The van der Waals surface area contributed by atoms with Crippen molar-refractivity contribution in [3.05, 3.63) is 33.7 Å². The Balaban J connectivity index is 1.88. The van der Waals surface area contributed by atoms with Crippen LogP contribution in [0.15, 0.2) is 28.1 Å². The molecule has 0 aromatic carbocycles. The van der Waals surface area contributed by atoms with Crippen LogP contribution >= 0.6 is 11.3 Å². The van der Waals surface area contributed by atoms with E-state index < -0.39 is 12.0 Å². The molecule has 2 aliphatic rings. The second kappa shape index (κ2) is 10.1. The molecule has 0 radical (unpaired) electrons. The number of piperazine rings is 1. The summed E-state index contributed by atoms with van der Waals surface area (Å²) >= 11 is 1.51. The minimum Gasteiger partial charge on any atom is -0.463 e. The number of nitrogens with one attached hydrogen (secondary N) is 2. The predicted molar refractivity (Wildman–Crippen MR) is 119 cm³/mol. The van der Waals surface area contributed by atoms with Gasteiger partial charge in [-0.2, -0.15) is 11.3 Å². The Bertz CT molecular complexity index is 841. The molecule has 31 heavy (non-hydrogen) atoms. The Labute approximate surface area is 187 Å². The first-order valence-electron chi connectivity index (χ1n) is 10.6. The molecule has 170 valence electrons. The number of amides is 4. The number of ether oxygens (including phenoxy) is 1. The number of thiophene rings is 1. The van der Waals surface area contributed by atoms with Crippen molar-refractivity contribution in [2.75, 3.05) is 46.4 Å². The highest BCUT2D eigenvalue weighted by molar-refractivity contribution is 7.08. The molecule has 2 atom stereocenters. The van der Waals surface area contributed by atoms with Gasteiger partial charge in [0.15, 0.2) is 0 Å². The van der Waals surface area contributed by atoms with Crippen LogP contribution in [0.5, 0.6) is 0 Å². The fourth-order valence-corrected chi connectivity index (χ4v) is 4.72. The Kier molecular flexibility index (Phi) is 7.55. The van der Waals surface area contributed by atoms with Gasteiger partial charge in [0.25, 0.3) is 0 Å². The standard InChI is InChI=1S/C21H31N5O4S/c1-5-22-20(28)26-9-8-25(11-14(26)3)12-16-17(19(27)30-6-2)18(15-7-10-31-13-15)23-21(29)24(16)4/h7,10,13-14,18H,5-6,8-9,11-12H2,1-4H3,(H,22,28)(H,23,29). The van der Waals surface area contributed by atoms with E-state index >= 15 is 0 Å². The third-order valence-electron chi connectivity index (χ3n) is 5.62. The second-order valence-electron chi connectivity index (χ2n) is 7.69. The van der Waals surface area contributed by atoms with Crippen LogP contribution in [0.2, 0.25) is 0 Å². The lowest BCUT2D eigenvalue weighted by atomic mass is 9.96. The van der Waals surface area contributed by atoms with Gasteiger partial charge in [0, 0.05) is 51.5 Å². The topological polar surface area (TPSA) is 94.2 Å². The van der Waals surface area contributed by atoms with Gasteiger partial charge in [0.2, 0.25) is 0 Å². The monoisotopic (exact) mass is 449 g/mol. The predicted octanol–water partition coefficient (Wildman–Crippen LogP) is 2.00. The van der Waals surface area contributed by atoms with Gasteiger partial charge in [-0.15, -0.1) is 0 Å². The van der Waals surface area contributed by atoms with Crippen molar-refractivity contribution in [3.63, 3.8) is 0 Å². The van der Waals surface area contributed by atoms with Crippen LogP contribution in [-0.4, -0.2) is 85.2 Å². The van der Waals surface area contributed by atoms with Gasteiger partial charge in [-0.1, -0.05) is 0 Å². The number of carbonyl (C=O) groups is 3. The molecular weight excluding hydrogens is 418 g/mol. The Morgan fingerprint density at radius 2 is 2.10 bits per heavy atom. The van der Waals surface area contributed by atoms with Crippen LogP contribution in [0.4, 0.5) is 9.59 Å². The van der Waals surface area contributed by atoms with Gasteiger partial charge < -0.3 is 20.3 Å². The number of carbonyl (C=O) groups excluding carboxylic acids is 3. The van der Waals surface area contributed by atoms with Crippen molar-refractivity contribution in [2.45, 2.75) is 32.9 Å². The van der Waals surface area contributed by atoms with Gasteiger partial charge >= 0.3 is 18.0 Å². The van der Waals surface area contributed by atoms with Crippen LogP contribution < -0.4 is 10.6 Å². The van der Waals surface area contributed by atoms with Crippen LogP contribution in [0.3, 0.4) is 0 Å². The minimum absolute atomic E-state index is 0.0161. The van der Waals surface area contributed by atoms with Crippen molar-refractivity contribution in [2.24, 2.45) is 0 Å². The molecule has 2 aliphatic heterocycles. The Morgan fingerprint density at radius 1 is 1.32 bits per heavy atom. The number of rotatable bonds is 6. The summed E-state index contributed by atoms with van der Waals surface area (Å²) in [6.07, 6.45) is 0. The molecule has 3 rings (SSSR count). The fraction of sp³-hybridized carbons (Fsp3) is 0.571. The molecule has 1 saturated heterocycles. The quantitative estimate of drug-likeness (QED) is 0.648. The molecule has 1 aromatic rings. The highest BCUT2D eigenvalue weighted by Gasteiger charge is 2.38. The van der Waals surface area contributed by atoms with Gasteiger partial charge in [-0.05, 0) is 43.2 Å². The van der Waals surface area contributed by atoms with Gasteiger partial charge in [0.1, 0.15) is 0 Å². The minimum atomic E-state index is -0.543. The summed E-state index contributed by atoms with van der Waals surface area (Å²) in [4.78, 5) is 43.4. The van der Waals surface area contributed by atoms with E-state index in [2.05, 4.69) is 15.5 Å². The summed E-state index contributed by atoms with van der Waals surface area (Å²) in [5.41, 5.74) is 1.96. The third-order valence-corrected chi connectivity index (χ3v) is 6.32. The van der Waals surface area contributed by atoms with Gasteiger partial charge in [0.05, 0.1) is 18.2 Å². The largest absolute Gasteiger partial charge is 0.463 e. The van der Waals surface area contributed by atoms with Crippen molar-refractivity contribution >= 4 is 29.4 Å². The number of nitrogens with zero attached hydrogens (tertiary/aromatic N) is 3. The smallest absolute Gasteiger partial charge is 0.338 e. The number of esters is 1. The molecular formula is C21H31N5O4S. The highest BCUT2D eigenvalue weighted by Crippen LogP contribution is 2.32. The molecule has 2 unspecified atom stereocenters. The van der Waals surface area contributed by atoms with Gasteiger partial charge in [-0.3, -0.25) is 9.80 Å². The summed E-state index contributed by atoms with van der Waals surface area (Å²) < 4.78 is 5.36. The van der Waals surface area contributed by atoms with E-state index in [1.807, 2.05) is 35.6 Å². The summed E-state index contributed by atoms with van der Waals surface area (Å²) in [7, 11) is 1.67. The van der Waals surface area contributed by atoms with Crippen molar-refractivity contribution in [3.8, 4) is 0 Å². The van der Waals surface area contributed by atoms with Crippen LogP contribution in [0, 0.1) is 0 Å². The summed E-state index contributed by atoms with van der Waals surface area (Å²) in [6, 6.07) is 1.06. The molecule has 3 heterocycles. The maximum absolute atomic E-state index is 13.0. The van der Waals surface area contributed by atoms with E-state index in [-0.39, 0.29) is 24.7 Å². The SMILES string of the molecule is CCNC(=O)N1CCN(CC2=C(C(=O)OCC)C(c3ccsc3)NC(=O)N2C)CC1C. The maximum atomic E-state index is 13.0. The number of hydrogen-bond donors (Lipinski definition) is 2. The molecule has 1 fully saturated rings. The number of likely N-dealkylation sites (N-methyl/N-ethyl adjacent to an activating group) is 1. The van der Waals surface area contributed by atoms with Crippen LogP contribution in [0.1, 0.15) is 32.4 Å². The second-order valence-corrected chi connectivity index (χ2v) is 8.47. The van der Waals surface area contributed by atoms with Gasteiger partial charge in [-0.25, -0.2) is 14.4 Å². The molecule has 0 bridgehead atoms. The first-order chi connectivity index (χ1) is 14.9. The average Bonchev–Trinajstić information content (AvgIpc) is 3.26. The van der Waals surface area contributed by atoms with E-state index in [1.54, 1.807) is 14.0 Å². The molecule has 0 aliphatic carbocycles.